The van der Waals surface area contributed by atoms with Crippen molar-refractivity contribution in [3.8, 4) is 5.75 Å². The molecule has 1 aliphatic rings. The second-order valence-corrected chi connectivity index (χ2v) is 8.46. The minimum Gasteiger partial charge on any atom is -0.591 e. The average molecular weight is 307 g/mol. The monoisotopic (exact) mass is 307 g/mol. The standard InChI is InChI=1S/C17H25NO2S/c1-17(2,3)21(19)18-12-11-14-7-6-10-16(13-14)20-15-8-4-5-9-15/h6-7,10,12-13,15H,4-5,8-9,11H2,1-3H3. The SMILES string of the molecule is CC(C)(C)[S+]([O-])N=CCc1cccc(OC2CCCC2)c1. The summed E-state index contributed by atoms with van der Waals surface area (Å²) >= 11 is -1.18. The van der Waals surface area contributed by atoms with E-state index in [0.717, 1.165) is 24.2 Å². The highest BCUT2D eigenvalue weighted by Crippen LogP contribution is 2.24. The van der Waals surface area contributed by atoms with Crippen LogP contribution in [0, 0.1) is 0 Å². The van der Waals surface area contributed by atoms with Crippen molar-refractivity contribution in [3.05, 3.63) is 29.8 Å². The summed E-state index contributed by atoms with van der Waals surface area (Å²) in [5.41, 5.74) is 1.14. The molecule has 0 N–H and O–H groups in total. The predicted octanol–water partition coefficient (Wildman–Crippen LogP) is 4.08. The van der Waals surface area contributed by atoms with Gasteiger partial charge in [-0.25, -0.2) is 0 Å². The van der Waals surface area contributed by atoms with E-state index >= 15 is 0 Å². The second-order valence-electron chi connectivity index (χ2n) is 6.53. The Balaban J connectivity index is 1.90. The van der Waals surface area contributed by atoms with E-state index in [2.05, 4.69) is 10.5 Å². The molecule has 0 radical (unpaired) electrons. The van der Waals surface area contributed by atoms with E-state index in [0.29, 0.717) is 12.5 Å². The highest BCUT2D eigenvalue weighted by atomic mass is 32.2. The largest absolute Gasteiger partial charge is 0.591 e. The first kappa shape index (κ1) is 16.4. The van der Waals surface area contributed by atoms with Crippen LogP contribution in [0.3, 0.4) is 0 Å². The molecule has 0 spiro atoms. The Bertz CT molecular complexity index is 476. The van der Waals surface area contributed by atoms with Crippen LogP contribution in [0.25, 0.3) is 0 Å². The van der Waals surface area contributed by atoms with Gasteiger partial charge in [0.15, 0.2) is 0 Å². The molecule has 0 amide bonds. The number of hydrogen-bond donors (Lipinski definition) is 0. The second kappa shape index (κ2) is 7.32. The first-order valence-electron chi connectivity index (χ1n) is 7.65. The molecule has 0 aromatic heterocycles. The summed E-state index contributed by atoms with van der Waals surface area (Å²) in [6.45, 7) is 5.78. The van der Waals surface area contributed by atoms with Crippen LogP contribution in [0.1, 0.15) is 52.0 Å². The van der Waals surface area contributed by atoms with Crippen molar-refractivity contribution in [2.45, 2.75) is 63.7 Å². The van der Waals surface area contributed by atoms with Gasteiger partial charge in [-0.15, -0.1) is 0 Å². The van der Waals surface area contributed by atoms with Crippen molar-refractivity contribution in [1.29, 1.82) is 0 Å². The van der Waals surface area contributed by atoms with Gasteiger partial charge in [-0.05, 0) is 64.2 Å². The molecule has 1 saturated carbocycles. The normalized spacial score (nSPS) is 18.3. The molecule has 3 nitrogen and oxygen atoms in total. The molecule has 2 rings (SSSR count). The van der Waals surface area contributed by atoms with Crippen LogP contribution < -0.4 is 4.74 Å². The van der Waals surface area contributed by atoms with Gasteiger partial charge in [-0.3, -0.25) is 0 Å². The third-order valence-electron chi connectivity index (χ3n) is 3.52. The Morgan fingerprint density at radius 2 is 2.05 bits per heavy atom. The maximum Gasteiger partial charge on any atom is 0.144 e. The number of hydrogen-bond acceptors (Lipinski definition) is 3. The third-order valence-corrected chi connectivity index (χ3v) is 4.91. The fraction of sp³-hybridized carbons (Fsp3) is 0.588. The molecule has 1 aliphatic carbocycles. The van der Waals surface area contributed by atoms with E-state index in [1.165, 1.54) is 12.8 Å². The summed E-state index contributed by atoms with van der Waals surface area (Å²) in [6, 6.07) is 8.12. The molecule has 1 unspecified atom stereocenters. The van der Waals surface area contributed by atoms with Crippen LogP contribution in [0.4, 0.5) is 0 Å². The Kier molecular flexibility index (Phi) is 5.71. The maximum absolute atomic E-state index is 11.8. The number of benzene rings is 1. The van der Waals surface area contributed by atoms with Crippen molar-refractivity contribution in [3.63, 3.8) is 0 Å². The summed E-state index contributed by atoms with van der Waals surface area (Å²) < 4.78 is 21.7. The smallest absolute Gasteiger partial charge is 0.144 e. The number of nitrogens with zero attached hydrogens (tertiary/aromatic N) is 1. The van der Waals surface area contributed by atoms with E-state index in [-0.39, 0.29) is 4.75 Å². The summed E-state index contributed by atoms with van der Waals surface area (Å²) in [5, 5.41) is 0. The zero-order valence-corrected chi connectivity index (χ0v) is 14.0. The molecular weight excluding hydrogens is 282 g/mol. The topological polar surface area (TPSA) is 44.7 Å². The predicted molar refractivity (Wildman–Crippen MR) is 89.4 cm³/mol. The molecule has 1 aromatic carbocycles. The first-order valence-corrected chi connectivity index (χ1v) is 8.76. The van der Waals surface area contributed by atoms with Crippen LogP contribution in [0.2, 0.25) is 0 Å². The van der Waals surface area contributed by atoms with E-state index in [1.54, 1.807) is 6.21 Å². The van der Waals surface area contributed by atoms with Crippen LogP contribution in [0.5, 0.6) is 5.75 Å². The fourth-order valence-electron chi connectivity index (χ4n) is 2.31. The summed E-state index contributed by atoms with van der Waals surface area (Å²) in [4.78, 5) is 0. The van der Waals surface area contributed by atoms with Crippen LogP contribution in [-0.4, -0.2) is 21.6 Å². The van der Waals surface area contributed by atoms with Crippen molar-refractivity contribution < 1.29 is 9.29 Å². The third kappa shape index (κ3) is 5.36. The lowest BCUT2D eigenvalue weighted by atomic mass is 10.1. The Morgan fingerprint density at radius 1 is 1.33 bits per heavy atom. The summed E-state index contributed by atoms with van der Waals surface area (Å²) in [5.74, 6) is 0.935. The molecule has 4 heteroatoms. The quantitative estimate of drug-likeness (QED) is 0.607. The van der Waals surface area contributed by atoms with Crippen LogP contribution in [-0.2, 0) is 17.8 Å². The molecule has 21 heavy (non-hydrogen) atoms. The van der Waals surface area contributed by atoms with Crippen LogP contribution in [0.15, 0.2) is 28.7 Å². The molecule has 1 atom stereocenters. The lowest BCUT2D eigenvalue weighted by Gasteiger charge is -2.17. The van der Waals surface area contributed by atoms with E-state index in [4.69, 9.17) is 4.74 Å². The minimum atomic E-state index is -1.18. The van der Waals surface area contributed by atoms with Gasteiger partial charge in [0.1, 0.15) is 21.9 Å². The maximum atomic E-state index is 11.8. The van der Waals surface area contributed by atoms with Gasteiger partial charge < -0.3 is 9.29 Å². The molecule has 0 heterocycles. The Labute approximate surface area is 131 Å². The minimum absolute atomic E-state index is 0.302. The highest BCUT2D eigenvalue weighted by Gasteiger charge is 2.25. The number of rotatable bonds is 5. The van der Waals surface area contributed by atoms with Crippen molar-refractivity contribution >= 4 is 17.6 Å². The van der Waals surface area contributed by atoms with Gasteiger partial charge in [-0.2, -0.15) is 0 Å². The Hall–Kier alpha value is -1.00. The van der Waals surface area contributed by atoms with E-state index in [9.17, 15) is 4.55 Å². The van der Waals surface area contributed by atoms with Crippen LogP contribution >= 0.6 is 0 Å². The summed E-state index contributed by atoms with van der Waals surface area (Å²) in [6.07, 6.45) is 7.68. The van der Waals surface area contributed by atoms with Gasteiger partial charge in [0.25, 0.3) is 0 Å². The van der Waals surface area contributed by atoms with E-state index < -0.39 is 11.4 Å². The van der Waals surface area contributed by atoms with E-state index in [1.807, 2.05) is 39.0 Å². The molecular formula is C17H25NO2S. The molecule has 1 aromatic rings. The first-order chi connectivity index (χ1) is 9.95. The van der Waals surface area contributed by atoms with Gasteiger partial charge >= 0.3 is 0 Å². The molecule has 116 valence electrons. The highest BCUT2D eigenvalue weighted by molar-refractivity contribution is 7.91. The Morgan fingerprint density at radius 3 is 2.71 bits per heavy atom. The van der Waals surface area contributed by atoms with Gasteiger partial charge in [0.05, 0.1) is 12.3 Å². The molecule has 0 aliphatic heterocycles. The number of ether oxygens (including phenoxy) is 1. The lowest BCUT2D eigenvalue weighted by molar-refractivity contribution is 0.210. The zero-order chi connectivity index (χ0) is 15.3. The van der Waals surface area contributed by atoms with Crippen molar-refractivity contribution in [2.24, 2.45) is 4.40 Å². The van der Waals surface area contributed by atoms with Crippen molar-refractivity contribution in [1.82, 2.24) is 0 Å². The molecule has 0 saturated heterocycles. The average Bonchev–Trinajstić information content (AvgIpc) is 2.91. The fourth-order valence-corrected chi connectivity index (χ4v) is 2.84. The lowest BCUT2D eigenvalue weighted by Crippen LogP contribution is -2.25. The summed E-state index contributed by atoms with van der Waals surface area (Å²) in [7, 11) is 0. The zero-order valence-electron chi connectivity index (χ0n) is 13.2. The van der Waals surface area contributed by atoms with Gasteiger partial charge in [0, 0.05) is 6.42 Å². The van der Waals surface area contributed by atoms with Gasteiger partial charge in [0.2, 0.25) is 0 Å². The van der Waals surface area contributed by atoms with Gasteiger partial charge in [-0.1, -0.05) is 16.5 Å². The molecule has 0 bridgehead atoms. The molecule has 1 fully saturated rings. The van der Waals surface area contributed by atoms with Crippen molar-refractivity contribution in [2.75, 3.05) is 0 Å².